The molecule has 0 aliphatic carbocycles. The average Bonchev–Trinajstić information content (AvgIpc) is 3.26. The summed E-state index contributed by atoms with van der Waals surface area (Å²) in [7, 11) is 0. The Balaban J connectivity index is 0.000000258. The Labute approximate surface area is 220 Å². The van der Waals surface area contributed by atoms with Gasteiger partial charge in [-0.3, -0.25) is 19.2 Å². The quantitative estimate of drug-likeness (QED) is 0.425. The van der Waals surface area contributed by atoms with E-state index in [2.05, 4.69) is 10.6 Å². The Hall–Kier alpha value is -2.56. The fourth-order valence-corrected chi connectivity index (χ4v) is 3.47. The summed E-state index contributed by atoms with van der Waals surface area (Å²) in [4.78, 5) is 46.7. The molecule has 188 valence electrons. The number of carbonyl (C=O) groups is 4. The molecule has 0 spiro atoms. The molecule has 0 radical (unpaired) electrons. The van der Waals surface area contributed by atoms with Crippen LogP contribution in [0.4, 0.5) is 0 Å². The zero-order valence-corrected chi connectivity index (χ0v) is 21.1. The SMILES string of the molecule is O=C(NCC(=O)N1CCC(O)C1)c1ccc(Cl)c(Cl)c1.O=C(O)CNC(=O)c1ccc(Cl)c(Cl)c1. The van der Waals surface area contributed by atoms with Gasteiger partial charge in [0.15, 0.2) is 0 Å². The summed E-state index contributed by atoms with van der Waals surface area (Å²) in [5.74, 6) is -2.22. The van der Waals surface area contributed by atoms with E-state index in [1.54, 1.807) is 0 Å². The van der Waals surface area contributed by atoms with E-state index in [4.69, 9.17) is 51.5 Å². The molecular weight excluding hydrogens is 544 g/mol. The van der Waals surface area contributed by atoms with Crippen LogP contribution in [0.2, 0.25) is 20.1 Å². The van der Waals surface area contributed by atoms with Crippen LogP contribution in [0.15, 0.2) is 36.4 Å². The molecule has 3 rings (SSSR count). The van der Waals surface area contributed by atoms with Crippen LogP contribution in [-0.4, -0.2) is 71.1 Å². The van der Waals surface area contributed by atoms with Gasteiger partial charge in [-0.1, -0.05) is 46.4 Å². The van der Waals surface area contributed by atoms with E-state index < -0.39 is 30.4 Å². The number of aliphatic hydroxyl groups excluding tert-OH is 1. The van der Waals surface area contributed by atoms with E-state index in [1.165, 1.54) is 41.3 Å². The normalized spacial score (nSPS) is 14.5. The van der Waals surface area contributed by atoms with Gasteiger partial charge < -0.3 is 25.7 Å². The van der Waals surface area contributed by atoms with Crippen LogP contribution in [0.3, 0.4) is 0 Å². The summed E-state index contributed by atoms with van der Waals surface area (Å²) in [6, 6.07) is 8.82. The smallest absolute Gasteiger partial charge is 0.322 e. The van der Waals surface area contributed by atoms with Crippen LogP contribution in [-0.2, 0) is 9.59 Å². The van der Waals surface area contributed by atoms with E-state index >= 15 is 0 Å². The minimum atomic E-state index is -1.11. The van der Waals surface area contributed by atoms with Gasteiger partial charge in [0.05, 0.1) is 32.7 Å². The van der Waals surface area contributed by atoms with Gasteiger partial charge in [-0.05, 0) is 42.8 Å². The molecule has 4 N–H and O–H groups in total. The highest BCUT2D eigenvalue weighted by molar-refractivity contribution is 6.42. The van der Waals surface area contributed by atoms with Gasteiger partial charge in [-0.25, -0.2) is 0 Å². The van der Waals surface area contributed by atoms with Crippen LogP contribution in [0.1, 0.15) is 27.1 Å². The Morgan fingerprint density at radius 1 is 0.829 bits per heavy atom. The number of nitrogens with zero attached hydrogens (tertiary/aromatic N) is 1. The van der Waals surface area contributed by atoms with Gasteiger partial charge in [0.25, 0.3) is 11.8 Å². The lowest BCUT2D eigenvalue weighted by atomic mass is 10.2. The lowest BCUT2D eigenvalue weighted by Crippen LogP contribution is -2.39. The van der Waals surface area contributed by atoms with Crippen molar-refractivity contribution < 1.29 is 29.4 Å². The van der Waals surface area contributed by atoms with Gasteiger partial charge in [0.1, 0.15) is 6.54 Å². The number of rotatable bonds is 6. The highest BCUT2D eigenvalue weighted by Gasteiger charge is 2.24. The van der Waals surface area contributed by atoms with E-state index in [9.17, 15) is 24.3 Å². The van der Waals surface area contributed by atoms with Crippen molar-refractivity contribution in [1.82, 2.24) is 15.5 Å². The number of benzene rings is 2. The number of likely N-dealkylation sites (tertiary alicyclic amines) is 1. The third-order valence-corrected chi connectivity index (χ3v) is 6.16. The molecule has 1 saturated heterocycles. The van der Waals surface area contributed by atoms with Crippen molar-refractivity contribution in [3.63, 3.8) is 0 Å². The molecule has 1 unspecified atom stereocenters. The molecule has 9 nitrogen and oxygen atoms in total. The second-order valence-corrected chi connectivity index (χ2v) is 8.93. The molecule has 0 bridgehead atoms. The summed E-state index contributed by atoms with van der Waals surface area (Å²) in [6.45, 7) is 0.301. The van der Waals surface area contributed by atoms with E-state index in [0.717, 1.165) is 0 Å². The average molecular weight is 565 g/mol. The van der Waals surface area contributed by atoms with Gasteiger partial charge >= 0.3 is 5.97 Å². The lowest BCUT2D eigenvalue weighted by Gasteiger charge is -2.15. The number of nitrogens with one attached hydrogen (secondary N) is 2. The van der Waals surface area contributed by atoms with Crippen molar-refractivity contribution in [1.29, 1.82) is 0 Å². The summed E-state index contributed by atoms with van der Waals surface area (Å²) in [6.07, 6.45) is 0.108. The number of carbonyl (C=O) groups excluding carboxylic acids is 3. The molecule has 1 fully saturated rings. The van der Waals surface area contributed by atoms with Crippen molar-refractivity contribution in [2.75, 3.05) is 26.2 Å². The minimum Gasteiger partial charge on any atom is -0.480 e. The number of aliphatic carboxylic acids is 1. The zero-order valence-electron chi connectivity index (χ0n) is 18.1. The van der Waals surface area contributed by atoms with Crippen molar-refractivity contribution in [3.05, 3.63) is 67.6 Å². The Morgan fingerprint density at radius 2 is 1.31 bits per heavy atom. The van der Waals surface area contributed by atoms with Gasteiger partial charge in [0, 0.05) is 24.2 Å². The van der Waals surface area contributed by atoms with Gasteiger partial charge in [-0.15, -0.1) is 0 Å². The van der Waals surface area contributed by atoms with Crippen molar-refractivity contribution in [3.8, 4) is 0 Å². The lowest BCUT2D eigenvalue weighted by molar-refractivity contribution is -0.135. The Kier molecular flexibility index (Phi) is 11.1. The number of β-amino-alcohol motifs (C(OH)–C–C–N with tert-alkyl or cyclic N) is 1. The van der Waals surface area contributed by atoms with Crippen LogP contribution >= 0.6 is 46.4 Å². The van der Waals surface area contributed by atoms with Crippen molar-refractivity contribution in [2.24, 2.45) is 0 Å². The predicted octanol–water partition coefficient (Wildman–Crippen LogP) is 3.12. The zero-order chi connectivity index (χ0) is 26.1. The number of carboxylic acids is 1. The maximum absolute atomic E-state index is 11.9. The van der Waals surface area contributed by atoms with Crippen LogP contribution in [0.5, 0.6) is 0 Å². The molecule has 0 aromatic heterocycles. The first kappa shape index (κ1) is 28.7. The second kappa shape index (κ2) is 13.5. The molecule has 1 aliphatic heterocycles. The Bertz CT molecular complexity index is 1110. The molecule has 35 heavy (non-hydrogen) atoms. The fraction of sp³-hybridized carbons (Fsp3) is 0.273. The second-order valence-electron chi connectivity index (χ2n) is 7.30. The first-order chi connectivity index (χ1) is 16.5. The topological polar surface area (TPSA) is 136 Å². The molecule has 3 amide bonds. The molecule has 2 aromatic rings. The number of hydrogen-bond donors (Lipinski definition) is 4. The van der Waals surface area contributed by atoms with Crippen LogP contribution in [0.25, 0.3) is 0 Å². The first-order valence-corrected chi connectivity index (χ1v) is 11.6. The summed E-state index contributed by atoms with van der Waals surface area (Å²) < 4.78 is 0. The van der Waals surface area contributed by atoms with Crippen molar-refractivity contribution >= 4 is 70.1 Å². The molecule has 1 aliphatic rings. The first-order valence-electron chi connectivity index (χ1n) is 10.1. The molecular formula is C22H21Cl4N3O6. The maximum Gasteiger partial charge on any atom is 0.322 e. The highest BCUT2D eigenvalue weighted by Crippen LogP contribution is 2.23. The third-order valence-electron chi connectivity index (χ3n) is 4.68. The van der Waals surface area contributed by atoms with Crippen LogP contribution in [0, 0.1) is 0 Å². The van der Waals surface area contributed by atoms with Gasteiger partial charge in [0.2, 0.25) is 5.91 Å². The predicted molar refractivity (Wildman–Crippen MR) is 132 cm³/mol. The van der Waals surface area contributed by atoms with E-state index in [1.807, 2.05) is 0 Å². The number of carboxylic acid groups (broad SMARTS) is 1. The standard InChI is InChI=1S/C13H14Cl2N2O3.C9H7Cl2NO3/c14-10-2-1-8(5-11(10)15)13(20)16-6-12(19)17-4-3-9(18)7-17;10-6-2-1-5(3-7(6)11)9(15)12-4-8(13)14/h1-2,5,9,18H,3-4,6-7H2,(H,16,20);1-3H,4H2,(H,12,15)(H,13,14). The molecule has 2 aromatic carbocycles. The summed E-state index contributed by atoms with van der Waals surface area (Å²) >= 11 is 22.9. The van der Waals surface area contributed by atoms with Crippen LogP contribution < -0.4 is 10.6 Å². The Morgan fingerprint density at radius 3 is 1.71 bits per heavy atom. The van der Waals surface area contributed by atoms with Gasteiger partial charge in [-0.2, -0.15) is 0 Å². The van der Waals surface area contributed by atoms with E-state index in [0.29, 0.717) is 35.1 Å². The fourth-order valence-electron chi connectivity index (χ4n) is 2.87. The molecule has 0 saturated carbocycles. The number of hydrogen-bond acceptors (Lipinski definition) is 5. The largest absolute Gasteiger partial charge is 0.480 e. The maximum atomic E-state index is 11.9. The minimum absolute atomic E-state index is 0.105. The summed E-state index contributed by atoms with van der Waals surface area (Å²) in [5.41, 5.74) is 0.610. The highest BCUT2D eigenvalue weighted by atomic mass is 35.5. The number of aliphatic hydroxyl groups is 1. The van der Waals surface area contributed by atoms with Crippen molar-refractivity contribution in [2.45, 2.75) is 12.5 Å². The monoisotopic (exact) mass is 563 g/mol. The summed E-state index contributed by atoms with van der Waals surface area (Å²) in [5, 5.41) is 23.7. The third kappa shape index (κ3) is 9.19. The van der Waals surface area contributed by atoms with E-state index in [-0.39, 0.29) is 28.1 Å². The number of halogens is 4. The molecule has 1 atom stereocenters. The number of amides is 3. The molecule has 13 heteroatoms. The molecule has 1 heterocycles.